The number of anilines is 1. The highest BCUT2D eigenvalue weighted by Crippen LogP contribution is 2.31. The van der Waals surface area contributed by atoms with Gasteiger partial charge in [0.05, 0.1) is 14.2 Å². The molecule has 1 aromatic heterocycles. The molecule has 0 radical (unpaired) electrons. The molecule has 0 aliphatic carbocycles. The lowest BCUT2D eigenvalue weighted by Gasteiger charge is -2.10. The zero-order valence-electron chi connectivity index (χ0n) is 12.6. The number of hydrogen-bond donors (Lipinski definition) is 1. The summed E-state index contributed by atoms with van der Waals surface area (Å²) in [6.45, 7) is 0. The zero-order valence-corrected chi connectivity index (χ0v) is 12.6. The first kappa shape index (κ1) is 16.7. The van der Waals surface area contributed by atoms with E-state index in [-0.39, 0.29) is 5.69 Å². The van der Waals surface area contributed by atoms with Crippen LogP contribution in [0.3, 0.4) is 0 Å². The summed E-state index contributed by atoms with van der Waals surface area (Å²) in [5, 5.41) is 5.78. The zero-order chi connectivity index (χ0) is 17.2. The quantitative estimate of drug-likeness (QED) is 0.937. The van der Waals surface area contributed by atoms with Gasteiger partial charge in [0.2, 0.25) is 0 Å². The van der Waals surface area contributed by atoms with Crippen LogP contribution in [0.4, 0.5) is 18.9 Å². The lowest BCUT2D eigenvalue weighted by molar-refractivity contribution is -0.141. The second kappa shape index (κ2) is 6.19. The molecule has 1 amide bonds. The number of methoxy groups -OCH3 is 2. The van der Waals surface area contributed by atoms with Crippen molar-refractivity contribution in [1.82, 2.24) is 9.78 Å². The van der Waals surface area contributed by atoms with E-state index in [1.54, 1.807) is 12.1 Å². The Labute approximate surface area is 129 Å². The van der Waals surface area contributed by atoms with E-state index in [9.17, 15) is 18.0 Å². The standard InChI is InChI=1S/C14H14F3N3O3/c1-20-9(7-12(19-20)14(15,16)17)13(21)18-8-4-5-10(22-2)11(6-8)23-3/h4-7H,1-3H3,(H,18,21). The van der Waals surface area contributed by atoms with Crippen LogP contribution in [-0.4, -0.2) is 29.9 Å². The molecule has 6 nitrogen and oxygen atoms in total. The Bertz CT molecular complexity index is 726. The van der Waals surface area contributed by atoms with Crippen LogP contribution in [-0.2, 0) is 13.2 Å². The van der Waals surface area contributed by atoms with E-state index in [2.05, 4.69) is 10.4 Å². The Morgan fingerprint density at radius 2 is 1.83 bits per heavy atom. The Hall–Kier alpha value is -2.71. The molecule has 23 heavy (non-hydrogen) atoms. The predicted octanol–water partition coefficient (Wildman–Crippen LogP) is 2.71. The van der Waals surface area contributed by atoms with Crippen LogP contribution < -0.4 is 14.8 Å². The van der Waals surface area contributed by atoms with E-state index in [1.165, 1.54) is 27.3 Å². The van der Waals surface area contributed by atoms with Crippen LogP contribution in [0.5, 0.6) is 11.5 Å². The number of alkyl halides is 3. The van der Waals surface area contributed by atoms with Crippen molar-refractivity contribution in [3.63, 3.8) is 0 Å². The monoisotopic (exact) mass is 329 g/mol. The van der Waals surface area contributed by atoms with E-state index >= 15 is 0 Å². The third kappa shape index (κ3) is 3.55. The molecule has 0 saturated carbocycles. The summed E-state index contributed by atoms with van der Waals surface area (Å²) in [5.74, 6) is 0.124. The molecule has 124 valence electrons. The van der Waals surface area contributed by atoms with Gasteiger partial charge in [0, 0.05) is 24.9 Å². The number of benzene rings is 1. The third-order valence-corrected chi connectivity index (χ3v) is 3.04. The number of carbonyl (C=O) groups is 1. The van der Waals surface area contributed by atoms with Crippen molar-refractivity contribution < 1.29 is 27.4 Å². The molecule has 0 fully saturated rings. The van der Waals surface area contributed by atoms with E-state index in [0.29, 0.717) is 23.3 Å². The van der Waals surface area contributed by atoms with Crippen molar-refractivity contribution in [1.29, 1.82) is 0 Å². The molecular weight excluding hydrogens is 315 g/mol. The average molecular weight is 329 g/mol. The highest BCUT2D eigenvalue weighted by molar-refractivity contribution is 6.03. The fourth-order valence-electron chi connectivity index (χ4n) is 1.93. The van der Waals surface area contributed by atoms with Gasteiger partial charge in [-0.15, -0.1) is 0 Å². The molecule has 1 N–H and O–H groups in total. The maximum absolute atomic E-state index is 12.6. The number of amides is 1. The van der Waals surface area contributed by atoms with Crippen LogP contribution >= 0.6 is 0 Å². The van der Waals surface area contributed by atoms with Gasteiger partial charge in [-0.05, 0) is 12.1 Å². The SMILES string of the molecule is COc1ccc(NC(=O)c2cc(C(F)(F)F)nn2C)cc1OC. The van der Waals surface area contributed by atoms with Gasteiger partial charge in [-0.3, -0.25) is 9.48 Å². The first-order valence-electron chi connectivity index (χ1n) is 6.41. The molecule has 0 unspecified atom stereocenters. The lowest BCUT2D eigenvalue weighted by Crippen LogP contribution is -2.16. The largest absolute Gasteiger partial charge is 0.493 e. The molecule has 0 atom stereocenters. The van der Waals surface area contributed by atoms with Gasteiger partial charge in [0.25, 0.3) is 5.91 Å². The molecule has 2 rings (SSSR count). The first-order chi connectivity index (χ1) is 10.8. The molecule has 2 aromatic rings. The summed E-state index contributed by atoms with van der Waals surface area (Å²) >= 11 is 0. The fraction of sp³-hybridized carbons (Fsp3) is 0.286. The summed E-state index contributed by atoms with van der Waals surface area (Å²) in [6, 6.07) is 5.30. The first-order valence-corrected chi connectivity index (χ1v) is 6.41. The van der Waals surface area contributed by atoms with Gasteiger partial charge in [-0.2, -0.15) is 18.3 Å². The number of carbonyl (C=O) groups excluding carboxylic acids is 1. The minimum Gasteiger partial charge on any atom is -0.493 e. The number of rotatable bonds is 4. The van der Waals surface area contributed by atoms with Gasteiger partial charge in [0.15, 0.2) is 17.2 Å². The topological polar surface area (TPSA) is 65.4 Å². The maximum atomic E-state index is 12.6. The van der Waals surface area contributed by atoms with Crippen molar-refractivity contribution in [3.8, 4) is 11.5 Å². The molecular formula is C14H14F3N3O3. The molecule has 1 aromatic carbocycles. The van der Waals surface area contributed by atoms with Gasteiger partial charge in [-0.25, -0.2) is 0 Å². The Balaban J connectivity index is 2.24. The molecule has 1 heterocycles. The number of aryl methyl sites for hydroxylation is 1. The van der Waals surface area contributed by atoms with Crippen LogP contribution in [0, 0.1) is 0 Å². The van der Waals surface area contributed by atoms with Crippen LogP contribution in [0.15, 0.2) is 24.3 Å². The summed E-state index contributed by atoms with van der Waals surface area (Å²) in [7, 11) is 4.16. The van der Waals surface area contributed by atoms with E-state index in [4.69, 9.17) is 9.47 Å². The maximum Gasteiger partial charge on any atom is 0.435 e. The molecule has 0 bridgehead atoms. The van der Waals surface area contributed by atoms with E-state index in [1.807, 2.05) is 0 Å². The smallest absolute Gasteiger partial charge is 0.435 e. The molecule has 0 saturated heterocycles. The summed E-state index contributed by atoms with van der Waals surface area (Å²) < 4.78 is 48.9. The number of nitrogens with one attached hydrogen (secondary N) is 1. The lowest BCUT2D eigenvalue weighted by atomic mass is 10.2. The summed E-state index contributed by atoms with van der Waals surface area (Å²) in [5.41, 5.74) is -0.994. The van der Waals surface area contributed by atoms with Crippen molar-refractivity contribution >= 4 is 11.6 Å². The minimum absolute atomic E-state index is 0.216. The highest BCUT2D eigenvalue weighted by atomic mass is 19.4. The van der Waals surface area contributed by atoms with Crippen LogP contribution in [0.2, 0.25) is 0 Å². The highest BCUT2D eigenvalue weighted by Gasteiger charge is 2.35. The van der Waals surface area contributed by atoms with E-state index in [0.717, 1.165) is 4.68 Å². The number of hydrogen-bond acceptors (Lipinski definition) is 4. The van der Waals surface area contributed by atoms with Gasteiger partial charge >= 0.3 is 6.18 Å². The number of halogens is 3. The molecule has 9 heteroatoms. The molecule has 0 aliphatic rings. The molecule has 0 aliphatic heterocycles. The van der Waals surface area contributed by atoms with Gasteiger partial charge < -0.3 is 14.8 Å². The second-order valence-corrected chi connectivity index (χ2v) is 4.56. The number of nitrogens with zero attached hydrogens (tertiary/aromatic N) is 2. The van der Waals surface area contributed by atoms with Crippen molar-refractivity contribution in [2.45, 2.75) is 6.18 Å². The Kier molecular flexibility index (Phi) is 4.48. The number of ether oxygens (including phenoxy) is 2. The van der Waals surface area contributed by atoms with E-state index < -0.39 is 17.8 Å². The summed E-state index contributed by atoms with van der Waals surface area (Å²) in [4.78, 5) is 12.1. The van der Waals surface area contributed by atoms with Gasteiger partial charge in [-0.1, -0.05) is 0 Å². The third-order valence-electron chi connectivity index (χ3n) is 3.04. The Morgan fingerprint density at radius 1 is 1.17 bits per heavy atom. The van der Waals surface area contributed by atoms with Gasteiger partial charge in [0.1, 0.15) is 5.69 Å². The minimum atomic E-state index is -4.61. The fourth-order valence-corrected chi connectivity index (χ4v) is 1.93. The van der Waals surface area contributed by atoms with Crippen molar-refractivity contribution in [2.24, 2.45) is 7.05 Å². The average Bonchev–Trinajstić information content (AvgIpc) is 2.89. The number of aromatic nitrogens is 2. The van der Waals surface area contributed by atoms with Crippen molar-refractivity contribution in [2.75, 3.05) is 19.5 Å². The van der Waals surface area contributed by atoms with Crippen molar-refractivity contribution in [3.05, 3.63) is 35.7 Å². The molecule has 0 spiro atoms. The normalized spacial score (nSPS) is 11.2. The predicted molar refractivity (Wildman–Crippen MR) is 75.7 cm³/mol. The summed E-state index contributed by atoms with van der Waals surface area (Å²) in [6.07, 6.45) is -4.61. The second-order valence-electron chi connectivity index (χ2n) is 4.56. The van der Waals surface area contributed by atoms with Crippen LogP contribution in [0.25, 0.3) is 0 Å². The van der Waals surface area contributed by atoms with Crippen LogP contribution in [0.1, 0.15) is 16.2 Å². The Morgan fingerprint density at radius 3 is 2.35 bits per heavy atom.